The summed E-state index contributed by atoms with van der Waals surface area (Å²) in [6, 6.07) is 6.99. The van der Waals surface area contributed by atoms with Crippen LogP contribution in [0.4, 0.5) is 0 Å². The molecule has 1 fully saturated rings. The SMILES string of the molecule is CCCc1c(C(=O)C2CCC2)c2ccc(C(N)=O)nc2n1Cc1cc2c(cc1Cl)OCO2. The van der Waals surface area contributed by atoms with Crippen molar-refractivity contribution in [1.82, 2.24) is 9.55 Å². The van der Waals surface area contributed by atoms with Crippen molar-refractivity contribution in [2.45, 2.75) is 45.6 Å². The molecule has 3 aromatic rings. The number of benzene rings is 1. The minimum absolute atomic E-state index is 0.0506. The summed E-state index contributed by atoms with van der Waals surface area (Å²) in [5.74, 6) is 0.850. The number of halogens is 1. The van der Waals surface area contributed by atoms with E-state index >= 15 is 0 Å². The van der Waals surface area contributed by atoms with Crippen LogP contribution in [0.3, 0.4) is 0 Å². The number of nitrogens with zero attached hydrogens (tertiary/aromatic N) is 2. The van der Waals surface area contributed by atoms with Crippen LogP contribution in [0.2, 0.25) is 5.02 Å². The van der Waals surface area contributed by atoms with Gasteiger partial charge in [-0.1, -0.05) is 31.4 Å². The maximum atomic E-state index is 13.4. The number of amides is 1. The summed E-state index contributed by atoms with van der Waals surface area (Å²) in [5.41, 5.74) is 8.69. The van der Waals surface area contributed by atoms with Crippen LogP contribution in [0.15, 0.2) is 24.3 Å². The molecule has 0 atom stereocenters. The monoisotopic (exact) mass is 453 g/mol. The number of fused-ring (bicyclic) bond motifs is 2. The predicted octanol–water partition coefficient (Wildman–Crippen LogP) is 4.50. The number of hydrogen-bond acceptors (Lipinski definition) is 5. The Morgan fingerprint density at radius 1 is 1.22 bits per heavy atom. The molecule has 0 bridgehead atoms. The highest BCUT2D eigenvalue weighted by molar-refractivity contribution is 6.31. The lowest BCUT2D eigenvalue weighted by Crippen LogP contribution is -2.23. The van der Waals surface area contributed by atoms with Gasteiger partial charge in [0.25, 0.3) is 5.91 Å². The minimum Gasteiger partial charge on any atom is -0.454 e. The lowest BCUT2D eigenvalue weighted by molar-refractivity contribution is 0.0855. The number of primary amides is 1. The maximum Gasteiger partial charge on any atom is 0.267 e. The van der Waals surface area contributed by atoms with Gasteiger partial charge >= 0.3 is 0 Å². The van der Waals surface area contributed by atoms with E-state index in [0.717, 1.165) is 42.3 Å². The molecule has 8 heteroatoms. The van der Waals surface area contributed by atoms with E-state index in [9.17, 15) is 9.59 Å². The van der Waals surface area contributed by atoms with E-state index in [2.05, 4.69) is 11.9 Å². The molecule has 0 unspecified atom stereocenters. The first kappa shape index (κ1) is 20.8. The van der Waals surface area contributed by atoms with Gasteiger partial charge in [0.05, 0.1) is 6.54 Å². The van der Waals surface area contributed by atoms with Crippen molar-refractivity contribution in [3.05, 3.63) is 51.8 Å². The summed E-state index contributed by atoms with van der Waals surface area (Å²) in [5, 5.41) is 1.30. The van der Waals surface area contributed by atoms with Crippen molar-refractivity contribution in [2.24, 2.45) is 11.7 Å². The van der Waals surface area contributed by atoms with E-state index in [-0.39, 0.29) is 24.2 Å². The first-order valence-electron chi connectivity index (χ1n) is 10.9. The zero-order valence-corrected chi connectivity index (χ0v) is 18.6. The Labute approximate surface area is 190 Å². The molecule has 32 heavy (non-hydrogen) atoms. The van der Waals surface area contributed by atoms with Crippen LogP contribution >= 0.6 is 11.6 Å². The summed E-state index contributed by atoms with van der Waals surface area (Å²) in [6.45, 7) is 2.62. The summed E-state index contributed by atoms with van der Waals surface area (Å²) in [7, 11) is 0. The van der Waals surface area contributed by atoms with Crippen molar-refractivity contribution >= 4 is 34.3 Å². The lowest BCUT2D eigenvalue weighted by Gasteiger charge is -2.24. The van der Waals surface area contributed by atoms with Gasteiger partial charge < -0.3 is 19.8 Å². The molecule has 0 radical (unpaired) electrons. The van der Waals surface area contributed by atoms with Gasteiger partial charge in [-0.2, -0.15) is 0 Å². The molecule has 1 saturated carbocycles. The van der Waals surface area contributed by atoms with Crippen LogP contribution in [0.1, 0.15) is 64.7 Å². The molecule has 2 aliphatic rings. The summed E-state index contributed by atoms with van der Waals surface area (Å²) >= 11 is 6.56. The Balaban J connectivity index is 1.70. The van der Waals surface area contributed by atoms with Gasteiger partial charge in [0.1, 0.15) is 11.3 Å². The number of carbonyl (C=O) groups is 2. The third-order valence-electron chi connectivity index (χ3n) is 6.35. The fourth-order valence-corrected chi connectivity index (χ4v) is 4.69. The molecule has 0 saturated heterocycles. The van der Waals surface area contributed by atoms with Crippen molar-refractivity contribution < 1.29 is 19.1 Å². The van der Waals surface area contributed by atoms with E-state index in [4.69, 9.17) is 26.8 Å². The zero-order valence-electron chi connectivity index (χ0n) is 17.8. The van der Waals surface area contributed by atoms with E-state index in [0.29, 0.717) is 40.7 Å². The van der Waals surface area contributed by atoms with Gasteiger partial charge in [-0.25, -0.2) is 4.98 Å². The average molecular weight is 454 g/mol. The third-order valence-corrected chi connectivity index (χ3v) is 6.70. The van der Waals surface area contributed by atoms with Crippen molar-refractivity contribution in [3.63, 3.8) is 0 Å². The molecule has 3 heterocycles. The van der Waals surface area contributed by atoms with Gasteiger partial charge in [0, 0.05) is 33.7 Å². The number of nitrogens with two attached hydrogens (primary N) is 1. The van der Waals surface area contributed by atoms with Crippen LogP contribution in [0.5, 0.6) is 11.5 Å². The van der Waals surface area contributed by atoms with Gasteiger partial charge in [-0.3, -0.25) is 9.59 Å². The van der Waals surface area contributed by atoms with Gasteiger partial charge in [-0.05, 0) is 43.0 Å². The molecule has 166 valence electrons. The molecule has 7 nitrogen and oxygen atoms in total. The maximum absolute atomic E-state index is 13.4. The fourth-order valence-electron chi connectivity index (χ4n) is 4.47. The molecule has 5 rings (SSSR count). The smallest absolute Gasteiger partial charge is 0.267 e. The van der Waals surface area contributed by atoms with Gasteiger partial charge in [-0.15, -0.1) is 0 Å². The lowest BCUT2D eigenvalue weighted by atomic mass is 9.79. The second kappa shape index (κ2) is 8.13. The Bertz CT molecular complexity index is 1250. The highest BCUT2D eigenvalue weighted by atomic mass is 35.5. The molecule has 0 spiro atoms. The standard InChI is InChI=1S/C24H24ClN3O4/c1-2-4-18-21(22(29)13-5-3-6-13)15-7-8-17(23(26)30)27-24(15)28(18)11-14-9-19-20(10-16(14)25)32-12-31-19/h7-10,13H,2-6,11-12H2,1H3,(H2,26,30). The zero-order chi connectivity index (χ0) is 22.4. The molecule has 1 aliphatic heterocycles. The average Bonchev–Trinajstić information content (AvgIpc) is 3.29. The van der Waals surface area contributed by atoms with Crippen LogP contribution < -0.4 is 15.2 Å². The van der Waals surface area contributed by atoms with Crippen LogP contribution in [0.25, 0.3) is 11.0 Å². The first-order chi connectivity index (χ1) is 15.5. The summed E-state index contributed by atoms with van der Waals surface area (Å²) in [6.07, 6.45) is 4.47. The molecular weight excluding hydrogens is 430 g/mol. The van der Waals surface area contributed by atoms with E-state index in [1.165, 1.54) is 0 Å². The number of rotatable bonds is 7. The number of Topliss-reactive ketones (excluding diaryl/α,β-unsaturated/α-hetero) is 1. The summed E-state index contributed by atoms with van der Waals surface area (Å²) in [4.78, 5) is 29.8. The van der Waals surface area contributed by atoms with Crippen molar-refractivity contribution in [3.8, 4) is 11.5 Å². The molecule has 1 amide bonds. The number of hydrogen-bond donors (Lipinski definition) is 1. The molecular formula is C24H24ClN3O4. The molecule has 1 aliphatic carbocycles. The Kier molecular flexibility index (Phi) is 5.29. The Morgan fingerprint density at radius 3 is 2.62 bits per heavy atom. The topological polar surface area (TPSA) is 96.4 Å². The third kappa shape index (κ3) is 3.41. The molecule has 2 N–H and O–H groups in total. The number of aromatic nitrogens is 2. The Morgan fingerprint density at radius 2 is 1.97 bits per heavy atom. The predicted molar refractivity (Wildman–Crippen MR) is 121 cm³/mol. The Hall–Kier alpha value is -3.06. The van der Waals surface area contributed by atoms with Crippen molar-refractivity contribution in [2.75, 3.05) is 6.79 Å². The molecule has 2 aromatic heterocycles. The molecule has 1 aromatic carbocycles. The number of ether oxygens (including phenoxy) is 2. The second-order valence-corrected chi connectivity index (χ2v) is 8.79. The van der Waals surface area contributed by atoms with Gasteiger partial charge in [0.15, 0.2) is 17.3 Å². The van der Waals surface area contributed by atoms with Crippen LogP contribution in [-0.4, -0.2) is 28.0 Å². The highest BCUT2D eigenvalue weighted by Gasteiger charge is 2.32. The van der Waals surface area contributed by atoms with Crippen molar-refractivity contribution in [1.29, 1.82) is 0 Å². The van der Waals surface area contributed by atoms with Gasteiger partial charge in [0.2, 0.25) is 6.79 Å². The normalized spacial score (nSPS) is 15.2. The van der Waals surface area contributed by atoms with Crippen LogP contribution in [-0.2, 0) is 13.0 Å². The first-order valence-corrected chi connectivity index (χ1v) is 11.3. The fraction of sp³-hybridized carbons (Fsp3) is 0.375. The van der Waals surface area contributed by atoms with E-state index < -0.39 is 5.91 Å². The quantitative estimate of drug-likeness (QED) is 0.531. The second-order valence-electron chi connectivity index (χ2n) is 8.38. The summed E-state index contributed by atoms with van der Waals surface area (Å²) < 4.78 is 12.9. The minimum atomic E-state index is -0.607. The largest absolute Gasteiger partial charge is 0.454 e. The van der Waals surface area contributed by atoms with Crippen LogP contribution in [0, 0.1) is 5.92 Å². The number of pyridine rings is 1. The number of ketones is 1. The highest BCUT2D eigenvalue weighted by Crippen LogP contribution is 2.39. The number of carbonyl (C=O) groups excluding carboxylic acids is 2. The van der Waals surface area contributed by atoms with E-state index in [1.807, 2.05) is 10.6 Å². The van der Waals surface area contributed by atoms with E-state index in [1.54, 1.807) is 18.2 Å².